The van der Waals surface area contributed by atoms with Crippen LogP contribution < -0.4 is 0 Å². The van der Waals surface area contributed by atoms with Crippen molar-refractivity contribution in [3.05, 3.63) is 35.6 Å². The number of rotatable bonds is 3. The minimum absolute atomic E-state index is 0.0428. The van der Waals surface area contributed by atoms with Gasteiger partial charge in [0.05, 0.1) is 6.04 Å². The quantitative estimate of drug-likeness (QED) is 0.812. The van der Waals surface area contributed by atoms with Crippen molar-refractivity contribution in [3.8, 4) is 0 Å². The van der Waals surface area contributed by atoms with Crippen LogP contribution in [-0.4, -0.2) is 58.9 Å². The fourth-order valence-corrected chi connectivity index (χ4v) is 4.00. The van der Waals surface area contributed by atoms with Crippen LogP contribution in [0.5, 0.6) is 0 Å². The third-order valence-corrected chi connectivity index (χ3v) is 5.66. The number of carbonyl (C=O) groups excluding carboxylic acids is 2. The Labute approximate surface area is 161 Å². The molecule has 3 amide bonds. The van der Waals surface area contributed by atoms with Gasteiger partial charge in [0.2, 0.25) is 5.91 Å². The van der Waals surface area contributed by atoms with Gasteiger partial charge in [-0.3, -0.25) is 4.79 Å². The molecule has 2 saturated heterocycles. The van der Waals surface area contributed by atoms with E-state index in [4.69, 9.17) is 0 Å². The number of nitrogens with zero attached hydrogens (tertiary/aromatic N) is 3. The molecule has 0 N–H and O–H groups in total. The van der Waals surface area contributed by atoms with E-state index in [0.717, 1.165) is 31.5 Å². The predicted octanol–water partition coefficient (Wildman–Crippen LogP) is 3.49. The average molecular weight is 375 g/mol. The van der Waals surface area contributed by atoms with Crippen molar-refractivity contribution >= 4 is 11.9 Å². The van der Waals surface area contributed by atoms with Crippen LogP contribution in [-0.2, 0) is 11.3 Å². The second kappa shape index (κ2) is 8.72. The molecule has 5 nitrogen and oxygen atoms in total. The number of carbonyl (C=O) groups is 2. The molecule has 0 aliphatic carbocycles. The molecule has 0 radical (unpaired) electrons. The van der Waals surface area contributed by atoms with E-state index in [1.54, 1.807) is 12.1 Å². The molecule has 27 heavy (non-hydrogen) atoms. The maximum absolute atomic E-state index is 13.2. The maximum atomic E-state index is 13.2. The molecule has 1 unspecified atom stereocenters. The summed E-state index contributed by atoms with van der Waals surface area (Å²) in [5.74, 6) is 0.00998. The Morgan fingerprint density at radius 3 is 2.37 bits per heavy atom. The third kappa shape index (κ3) is 4.79. The number of piperidine rings is 1. The van der Waals surface area contributed by atoms with Crippen LogP contribution in [0.25, 0.3) is 0 Å². The summed E-state index contributed by atoms with van der Waals surface area (Å²) >= 11 is 0. The molecule has 0 bridgehead atoms. The van der Waals surface area contributed by atoms with Gasteiger partial charge in [-0.1, -0.05) is 26.0 Å². The number of halogens is 1. The fourth-order valence-electron chi connectivity index (χ4n) is 4.00. The van der Waals surface area contributed by atoms with Crippen LogP contribution >= 0.6 is 0 Å². The normalized spacial score (nSPS) is 21.6. The lowest BCUT2D eigenvalue weighted by molar-refractivity contribution is -0.134. The number of urea groups is 1. The molecule has 6 heteroatoms. The number of hydrogen-bond donors (Lipinski definition) is 0. The summed E-state index contributed by atoms with van der Waals surface area (Å²) in [5.41, 5.74) is 0.909. The van der Waals surface area contributed by atoms with Crippen molar-refractivity contribution in [2.24, 2.45) is 5.92 Å². The van der Waals surface area contributed by atoms with Crippen LogP contribution in [0.4, 0.5) is 9.18 Å². The van der Waals surface area contributed by atoms with Gasteiger partial charge < -0.3 is 14.7 Å². The molecule has 0 saturated carbocycles. The Balaban J connectivity index is 1.75. The summed E-state index contributed by atoms with van der Waals surface area (Å²) in [6.07, 6.45) is 3.64. The van der Waals surface area contributed by atoms with E-state index in [9.17, 15) is 14.0 Å². The van der Waals surface area contributed by atoms with Crippen LogP contribution in [0.15, 0.2) is 24.3 Å². The van der Waals surface area contributed by atoms with E-state index < -0.39 is 0 Å². The Morgan fingerprint density at radius 1 is 1.07 bits per heavy atom. The van der Waals surface area contributed by atoms with Gasteiger partial charge in [0.1, 0.15) is 5.82 Å². The van der Waals surface area contributed by atoms with E-state index in [1.807, 2.05) is 14.7 Å². The monoisotopic (exact) mass is 375 g/mol. The molecule has 1 aromatic carbocycles. The Kier molecular flexibility index (Phi) is 6.34. The third-order valence-electron chi connectivity index (χ3n) is 5.66. The first-order chi connectivity index (χ1) is 13.0. The smallest absolute Gasteiger partial charge is 0.320 e. The molecule has 3 rings (SSSR count). The van der Waals surface area contributed by atoms with Crippen molar-refractivity contribution in [1.29, 1.82) is 0 Å². The van der Waals surface area contributed by atoms with E-state index in [2.05, 4.69) is 13.8 Å². The van der Waals surface area contributed by atoms with Gasteiger partial charge in [0.25, 0.3) is 0 Å². The summed E-state index contributed by atoms with van der Waals surface area (Å²) in [6.45, 7) is 7.28. The van der Waals surface area contributed by atoms with E-state index in [0.29, 0.717) is 26.1 Å². The standard InChI is InChI=1S/C21H30FN3O2/c1-16(2)19-15-24(21(27)23-11-4-3-5-12-23)13-10-20(26)25(19)14-17-6-8-18(22)9-7-17/h6-9,16,19H,3-5,10-15H2,1-2H3. The van der Waals surface area contributed by atoms with Gasteiger partial charge in [-0.25, -0.2) is 9.18 Å². The molecule has 2 aliphatic heterocycles. The average Bonchev–Trinajstić information content (AvgIpc) is 2.83. The summed E-state index contributed by atoms with van der Waals surface area (Å²) in [6, 6.07) is 6.32. The van der Waals surface area contributed by atoms with E-state index >= 15 is 0 Å². The molecule has 1 aromatic rings. The molecule has 0 aromatic heterocycles. The number of hydrogen-bond acceptors (Lipinski definition) is 2. The van der Waals surface area contributed by atoms with Crippen molar-refractivity contribution in [1.82, 2.24) is 14.7 Å². The minimum Gasteiger partial charge on any atom is -0.333 e. The second-order valence-electron chi connectivity index (χ2n) is 7.99. The number of benzene rings is 1. The summed E-state index contributed by atoms with van der Waals surface area (Å²) in [7, 11) is 0. The lowest BCUT2D eigenvalue weighted by Crippen LogP contribution is -2.50. The highest BCUT2D eigenvalue weighted by atomic mass is 19.1. The molecule has 148 valence electrons. The zero-order chi connectivity index (χ0) is 19.4. The van der Waals surface area contributed by atoms with Crippen LogP contribution in [0.3, 0.4) is 0 Å². The highest BCUT2D eigenvalue weighted by molar-refractivity contribution is 5.80. The van der Waals surface area contributed by atoms with Gasteiger partial charge in [-0.2, -0.15) is 0 Å². The van der Waals surface area contributed by atoms with Gasteiger partial charge in [0, 0.05) is 39.1 Å². The summed E-state index contributed by atoms with van der Waals surface area (Å²) in [5, 5.41) is 0. The molecule has 1 atom stereocenters. The van der Waals surface area contributed by atoms with Gasteiger partial charge in [-0.05, 0) is 42.9 Å². The molecular weight excluding hydrogens is 345 g/mol. The minimum atomic E-state index is -0.278. The topological polar surface area (TPSA) is 43.9 Å². The van der Waals surface area contributed by atoms with Crippen molar-refractivity contribution in [2.75, 3.05) is 26.2 Å². The maximum Gasteiger partial charge on any atom is 0.320 e. The Bertz CT molecular complexity index is 656. The van der Waals surface area contributed by atoms with Gasteiger partial charge in [-0.15, -0.1) is 0 Å². The lowest BCUT2D eigenvalue weighted by Gasteiger charge is -2.37. The summed E-state index contributed by atoms with van der Waals surface area (Å²) < 4.78 is 13.2. The molecular formula is C21H30FN3O2. The largest absolute Gasteiger partial charge is 0.333 e. The van der Waals surface area contributed by atoms with Crippen molar-refractivity contribution in [3.63, 3.8) is 0 Å². The predicted molar refractivity (Wildman–Crippen MR) is 103 cm³/mol. The zero-order valence-corrected chi connectivity index (χ0v) is 16.4. The Hall–Kier alpha value is -2.11. The lowest BCUT2D eigenvalue weighted by atomic mass is 10.0. The first-order valence-corrected chi connectivity index (χ1v) is 10.0. The number of likely N-dealkylation sites (tertiary alicyclic amines) is 1. The highest BCUT2D eigenvalue weighted by Gasteiger charge is 2.34. The first-order valence-electron chi connectivity index (χ1n) is 10.0. The van der Waals surface area contributed by atoms with Crippen molar-refractivity contribution in [2.45, 2.75) is 52.1 Å². The van der Waals surface area contributed by atoms with Gasteiger partial charge >= 0.3 is 6.03 Å². The van der Waals surface area contributed by atoms with Crippen LogP contribution in [0.1, 0.15) is 45.1 Å². The fraction of sp³-hybridized carbons (Fsp3) is 0.619. The first kappa shape index (κ1) is 19.6. The molecule has 2 aliphatic rings. The molecule has 0 spiro atoms. The van der Waals surface area contributed by atoms with Crippen molar-refractivity contribution < 1.29 is 14.0 Å². The van der Waals surface area contributed by atoms with E-state index in [1.165, 1.54) is 18.6 Å². The van der Waals surface area contributed by atoms with Crippen LogP contribution in [0.2, 0.25) is 0 Å². The highest BCUT2D eigenvalue weighted by Crippen LogP contribution is 2.22. The number of amides is 3. The molecule has 2 heterocycles. The zero-order valence-electron chi connectivity index (χ0n) is 16.4. The van der Waals surface area contributed by atoms with Crippen LogP contribution in [0, 0.1) is 11.7 Å². The second-order valence-corrected chi connectivity index (χ2v) is 7.99. The van der Waals surface area contributed by atoms with E-state index in [-0.39, 0.29) is 29.7 Å². The van der Waals surface area contributed by atoms with Gasteiger partial charge in [0.15, 0.2) is 0 Å². The summed E-state index contributed by atoms with van der Waals surface area (Å²) in [4.78, 5) is 31.5. The molecule has 2 fully saturated rings. The Morgan fingerprint density at radius 2 is 1.74 bits per heavy atom. The SMILES string of the molecule is CC(C)C1CN(C(=O)N2CCCCC2)CCC(=O)N1Cc1ccc(F)cc1.